The molecule has 0 atom stereocenters. The molecule has 0 saturated heterocycles. The van der Waals surface area contributed by atoms with E-state index in [1.54, 1.807) is 11.3 Å². The van der Waals surface area contributed by atoms with E-state index in [0.29, 0.717) is 17.5 Å². The number of fused-ring (bicyclic) bond motifs is 9. The molecule has 0 unspecified atom stereocenters. The Labute approximate surface area is 336 Å². The van der Waals surface area contributed by atoms with Crippen LogP contribution in [-0.4, -0.2) is 19.9 Å². The third-order valence-corrected chi connectivity index (χ3v) is 12.4. The number of hydrogen-bond acceptors (Lipinski definition) is 6. The zero-order valence-electron chi connectivity index (χ0n) is 30.9. The van der Waals surface area contributed by atoms with Gasteiger partial charge in [0.05, 0.1) is 5.52 Å². The second-order valence-corrected chi connectivity index (χ2v) is 15.6. The van der Waals surface area contributed by atoms with Crippen molar-refractivity contribution < 1.29 is 4.42 Å². The standard InChI is InChI=1S/C52H30N4OS/c1-3-14-31(15-4-1)47-48-46(40-21-9-11-24-43(40)53-47)42-30-33(26-29-44(42)57-48)34-27-28-39(36-19-8-7-18-35(34)36)51-54-50(32-16-5-2-6-17-32)55-52(56-51)41-23-13-22-38-37-20-10-12-25-45(37)58-49(38)41/h1-30H. The van der Waals surface area contributed by atoms with Crippen molar-refractivity contribution >= 4 is 75.1 Å². The number of para-hydroxylation sites is 1. The van der Waals surface area contributed by atoms with Crippen molar-refractivity contribution in [2.24, 2.45) is 0 Å². The molecule has 4 aromatic heterocycles. The molecule has 6 heteroatoms. The Hall–Kier alpha value is -7.54. The Kier molecular flexibility index (Phi) is 7.33. The number of hydrogen-bond donors (Lipinski definition) is 0. The molecule has 8 aromatic carbocycles. The van der Waals surface area contributed by atoms with Crippen molar-refractivity contribution in [2.45, 2.75) is 0 Å². The molecule has 12 rings (SSSR count). The summed E-state index contributed by atoms with van der Waals surface area (Å²) >= 11 is 1.78. The van der Waals surface area contributed by atoms with E-state index >= 15 is 0 Å². The van der Waals surface area contributed by atoms with E-state index in [1.165, 1.54) is 20.2 Å². The normalized spacial score (nSPS) is 11.8. The molecule has 0 aliphatic rings. The number of benzene rings is 8. The van der Waals surface area contributed by atoms with Crippen LogP contribution in [0.1, 0.15) is 0 Å². The van der Waals surface area contributed by atoms with E-state index in [9.17, 15) is 0 Å². The molecule has 0 aliphatic heterocycles. The predicted molar refractivity (Wildman–Crippen MR) is 240 cm³/mol. The zero-order chi connectivity index (χ0) is 38.2. The van der Waals surface area contributed by atoms with Gasteiger partial charge in [-0.25, -0.2) is 19.9 Å². The fraction of sp³-hybridized carbons (Fsp3) is 0. The highest BCUT2D eigenvalue weighted by atomic mass is 32.1. The number of rotatable bonds is 5. The molecule has 0 saturated carbocycles. The lowest BCUT2D eigenvalue weighted by Crippen LogP contribution is -2.01. The van der Waals surface area contributed by atoms with Crippen LogP contribution in [0.4, 0.5) is 0 Å². The predicted octanol–water partition coefficient (Wildman–Crippen LogP) is 14.2. The first-order valence-corrected chi connectivity index (χ1v) is 20.1. The average molecular weight is 759 g/mol. The van der Waals surface area contributed by atoms with E-state index < -0.39 is 0 Å². The van der Waals surface area contributed by atoms with E-state index in [2.05, 4.69) is 140 Å². The zero-order valence-corrected chi connectivity index (χ0v) is 31.7. The molecule has 58 heavy (non-hydrogen) atoms. The second kappa shape index (κ2) is 13.0. The maximum absolute atomic E-state index is 6.66. The number of nitrogens with zero attached hydrogens (tertiary/aromatic N) is 4. The molecule has 0 radical (unpaired) electrons. The molecule has 0 N–H and O–H groups in total. The minimum Gasteiger partial charge on any atom is -0.454 e. The van der Waals surface area contributed by atoms with E-state index in [4.69, 9.17) is 24.4 Å². The first kappa shape index (κ1) is 32.7. The van der Waals surface area contributed by atoms with Gasteiger partial charge in [0.15, 0.2) is 23.1 Å². The first-order chi connectivity index (χ1) is 28.7. The summed E-state index contributed by atoms with van der Waals surface area (Å²) in [6.45, 7) is 0. The van der Waals surface area contributed by atoms with Gasteiger partial charge in [-0.3, -0.25) is 0 Å². The lowest BCUT2D eigenvalue weighted by Gasteiger charge is -2.13. The summed E-state index contributed by atoms with van der Waals surface area (Å²) in [5.41, 5.74) is 9.53. The van der Waals surface area contributed by atoms with Crippen molar-refractivity contribution in [3.05, 3.63) is 182 Å². The van der Waals surface area contributed by atoms with Crippen LogP contribution < -0.4 is 0 Å². The maximum atomic E-state index is 6.66. The SMILES string of the molecule is c1ccc(-c2nc(-c3ccc(-c4ccc5oc6c(-c7ccccc7)nc7ccccc7c6c5c4)c4ccccc34)nc(-c3cccc4c3sc3ccccc34)n2)cc1. The number of thiophene rings is 1. The van der Waals surface area contributed by atoms with Gasteiger partial charge in [0.2, 0.25) is 0 Å². The maximum Gasteiger partial charge on any atom is 0.165 e. The smallest absolute Gasteiger partial charge is 0.165 e. The van der Waals surface area contributed by atoms with Crippen LogP contribution in [0.25, 0.3) is 120 Å². The molecule has 0 bridgehead atoms. The van der Waals surface area contributed by atoms with E-state index in [0.717, 1.165) is 82.7 Å². The third kappa shape index (κ3) is 5.16. The largest absolute Gasteiger partial charge is 0.454 e. The Morgan fingerprint density at radius 2 is 1.00 bits per heavy atom. The fourth-order valence-corrected chi connectivity index (χ4v) is 9.66. The summed E-state index contributed by atoms with van der Waals surface area (Å²) in [6.07, 6.45) is 0. The van der Waals surface area contributed by atoms with Gasteiger partial charge in [-0.1, -0.05) is 146 Å². The molecule has 270 valence electrons. The van der Waals surface area contributed by atoms with Crippen molar-refractivity contribution in [3.63, 3.8) is 0 Å². The Morgan fingerprint density at radius 1 is 0.379 bits per heavy atom. The molecular weight excluding hydrogens is 729 g/mol. The lowest BCUT2D eigenvalue weighted by atomic mass is 9.93. The third-order valence-electron chi connectivity index (χ3n) is 11.1. The minimum atomic E-state index is 0.633. The van der Waals surface area contributed by atoms with Crippen molar-refractivity contribution in [2.75, 3.05) is 0 Å². The van der Waals surface area contributed by atoms with Crippen LogP contribution in [0.2, 0.25) is 0 Å². The van der Waals surface area contributed by atoms with Gasteiger partial charge < -0.3 is 4.42 Å². The molecular formula is C52H30N4OS. The van der Waals surface area contributed by atoms with Gasteiger partial charge in [0.1, 0.15) is 11.3 Å². The lowest BCUT2D eigenvalue weighted by molar-refractivity contribution is 0.669. The van der Waals surface area contributed by atoms with Gasteiger partial charge in [-0.2, -0.15) is 0 Å². The Bertz CT molecular complexity index is 3570. The Morgan fingerprint density at radius 3 is 1.81 bits per heavy atom. The van der Waals surface area contributed by atoms with Gasteiger partial charge in [-0.05, 0) is 58.3 Å². The number of furan rings is 1. The molecule has 5 nitrogen and oxygen atoms in total. The van der Waals surface area contributed by atoms with Crippen LogP contribution in [0.3, 0.4) is 0 Å². The summed E-state index contributed by atoms with van der Waals surface area (Å²) in [5.74, 6) is 1.93. The van der Waals surface area contributed by atoms with Crippen molar-refractivity contribution in [1.29, 1.82) is 0 Å². The topological polar surface area (TPSA) is 64.7 Å². The molecule has 0 spiro atoms. The number of aromatic nitrogens is 4. The highest BCUT2D eigenvalue weighted by Gasteiger charge is 2.21. The van der Waals surface area contributed by atoms with Crippen LogP contribution in [-0.2, 0) is 0 Å². The highest BCUT2D eigenvalue weighted by molar-refractivity contribution is 7.26. The van der Waals surface area contributed by atoms with Crippen LogP contribution in [0, 0.1) is 0 Å². The summed E-state index contributed by atoms with van der Waals surface area (Å²) < 4.78 is 9.07. The fourth-order valence-electron chi connectivity index (χ4n) is 8.45. The Balaban J connectivity index is 1.06. The second-order valence-electron chi connectivity index (χ2n) is 14.5. The quantitative estimate of drug-likeness (QED) is 0.175. The number of pyridine rings is 1. The van der Waals surface area contributed by atoms with Crippen LogP contribution in [0.5, 0.6) is 0 Å². The molecule has 0 amide bonds. The first-order valence-electron chi connectivity index (χ1n) is 19.3. The highest BCUT2D eigenvalue weighted by Crippen LogP contribution is 2.43. The van der Waals surface area contributed by atoms with Crippen molar-refractivity contribution in [3.8, 4) is 56.5 Å². The van der Waals surface area contributed by atoms with Crippen molar-refractivity contribution in [1.82, 2.24) is 19.9 Å². The van der Waals surface area contributed by atoms with Gasteiger partial charge in [-0.15, -0.1) is 11.3 Å². The molecule has 0 aliphatic carbocycles. The van der Waals surface area contributed by atoms with Crippen LogP contribution in [0.15, 0.2) is 186 Å². The van der Waals surface area contributed by atoms with Gasteiger partial charge in [0.25, 0.3) is 0 Å². The minimum absolute atomic E-state index is 0.633. The molecule has 4 heterocycles. The van der Waals surface area contributed by atoms with Crippen LogP contribution >= 0.6 is 11.3 Å². The average Bonchev–Trinajstić information content (AvgIpc) is 3.88. The molecule has 0 fully saturated rings. The summed E-state index contributed by atoms with van der Waals surface area (Å²) in [4.78, 5) is 20.7. The monoisotopic (exact) mass is 758 g/mol. The summed E-state index contributed by atoms with van der Waals surface area (Å²) in [6, 6.07) is 63.2. The van der Waals surface area contributed by atoms with Gasteiger partial charge >= 0.3 is 0 Å². The molecule has 12 aromatic rings. The van der Waals surface area contributed by atoms with Gasteiger partial charge in [0, 0.05) is 58.6 Å². The summed E-state index contributed by atoms with van der Waals surface area (Å²) in [7, 11) is 0. The van der Waals surface area contributed by atoms with E-state index in [1.807, 2.05) is 42.5 Å². The summed E-state index contributed by atoms with van der Waals surface area (Å²) in [5, 5.41) is 7.82. The van der Waals surface area contributed by atoms with E-state index in [-0.39, 0.29) is 0 Å².